The summed E-state index contributed by atoms with van der Waals surface area (Å²) in [7, 11) is -9.84. The average molecular weight is 1420 g/mol. The van der Waals surface area contributed by atoms with Crippen molar-refractivity contribution in [3.05, 3.63) is 194 Å². The Morgan fingerprint density at radius 1 is 0.283 bits per heavy atom. The molecule has 0 aliphatic rings. The molecule has 0 aliphatic carbocycles. The lowest BCUT2D eigenvalue weighted by atomic mass is 10.1. The van der Waals surface area contributed by atoms with E-state index in [-0.39, 0.29) is 19.3 Å². The van der Waals surface area contributed by atoms with E-state index in [2.05, 4.69) is 203 Å². The Bertz CT molecular complexity index is 2580. The fourth-order valence-electron chi connectivity index (χ4n) is 8.81. The van der Waals surface area contributed by atoms with Crippen LogP contribution in [0, 0.1) is 0 Å². The molecule has 0 fully saturated rings. The maximum atomic E-state index is 12.9. The summed E-state index contributed by atoms with van der Waals surface area (Å²) in [4.78, 5) is 58.5. The van der Waals surface area contributed by atoms with Crippen LogP contribution in [0.15, 0.2) is 194 Å². The highest BCUT2D eigenvalue weighted by Crippen LogP contribution is 2.45. The van der Waals surface area contributed by atoms with Crippen molar-refractivity contribution < 1.29 is 75.8 Å². The van der Waals surface area contributed by atoms with Crippen molar-refractivity contribution in [3.8, 4) is 0 Å². The molecule has 0 bridgehead atoms. The largest absolute Gasteiger partial charge is 0.472 e. The topological polar surface area (TPSA) is 231 Å². The molecular formula is C81H128O16P2. The standard InChI is InChI=1S/C81H128O16P2/c1-4-7-10-13-16-19-22-25-28-31-33-35-36-37-38-40-42-44-46-49-52-55-58-61-64-67-79(84)91-70-76(82)71-93-98(87,88)94-72-77(83)73-95-99(89,90)96-75-78(97-81(86)69-66-63-60-57-54-51-48-43-30-27-24-21-18-15-12-9-6-3)74-92-80(85)68-65-62-59-56-53-50-47-45-41-39-34-32-29-26-23-20-17-14-11-8-5-2/h7-12,16-21,25-30,33-35,37-39,45,47-48,51,53,56-57,60,76-78,82-83H,4-6,13-15,22-24,31-32,36,40-44,46,49-50,52,54-55,58-59,61-75H2,1-3H3,(H,87,88)(H,89,90)/b10-7-,11-8-,12-9-,19-16-,20-17-,21-18-,28-25-,29-26-,30-27-,35-33-,38-37-,39-34-,47-45-,51-48-,56-53-,60-57-. The molecule has 0 aromatic heterocycles. The molecule has 0 aromatic rings. The highest BCUT2D eigenvalue weighted by atomic mass is 31.2. The number of carbonyl (C=O) groups excluding carboxylic acids is 3. The lowest BCUT2D eigenvalue weighted by molar-refractivity contribution is -0.161. The van der Waals surface area contributed by atoms with Crippen molar-refractivity contribution in [2.45, 2.75) is 257 Å². The zero-order chi connectivity index (χ0) is 72.3. The Kier molecular flexibility index (Phi) is 68.1. The molecule has 558 valence electrons. The summed E-state index contributed by atoms with van der Waals surface area (Å²) in [6, 6.07) is 0. The predicted molar refractivity (Wildman–Crippen MR) is 408 cm³/mol. The third kappa shape index (κ3) is 73.4. The van der Waals surface area contributed by atoms with Gasteiger partial charge < -0.3 is 34.2 Å². The summed E-state index contributed by atoms with van der Waals surface area (Å²) in [6.07, 6.45) is 93.5. The van der Waals surface area contributed by atoms with Gasteiger partial charge in [0.05, 0.1) is 26.4 Å². The number of unbranched alkanes of at least 4 members (excludes halogenated alkanes) is 12. The molecule has 0 saturated heterocycles. The number of rotatable bonds is 67. The van der Waals surface area contributed by atoms with E-state index in [4.69, 9.17) is 32.3 Å². The predicted octanol–water partition coefficient (Wildman–Crippen LogP) is 21.2. The summed E-state index contributed by atoms with van der Waals surface area (Å²) in [5.74, 6) is -1.72. The Balaban J connectivity index is 4.75. The van der Waals surface area contributed by atoms with Gasteiger partial charge >= 0.3 is 33.6 Å². The molecule has 0 aliphatic heterocycles. The molecule has 16 nitrogen and oxygen atoms in total. The first-order valence-corrected chi connectivity index (χ1v) is 39.7. The number of allylic oxidation sites excluding steroid dienone is 32. The first-order valence-electron chi connectivity index (χ1n) is 36.7. The smallest absolute Gasteiger partial charge is 0.463 e. The van der Waals surface area contributed by atoms with Gasteiger partial charge in [-0.1, -0.05) is 260 Å². The zero-order valence-electron chi connectivity index (χ0n) is 60.6. The van der Waals surface area contributed by atoms with Crippen LogP contribution < -0.4 is 0 Å². The Morgan fingerprint density at radius 3 is 0.848 bits per heavy atom. The summed E-state index contributed by atoms with van der Waals surface area (Å²) < 4.78 is 60.9. The first-order chi connectivity index (χ1) is 48.2. The molecule has 0 aromatic carbocycles. The highest BCUT2D eigenvalue weighted by molar-refractivity contribution is 7.47. The van der Waals surface area contributed by atoms with Crippen molar-refractivity contribution in [2.75, 3.05) is 39.6 Å². The fraction of sp³-hybridized carbons (Fsp3) is 0.568. The van der Waals surface area contributed by atoms with E-state index < -0.39 is 91.5 Å². The minimum Gasteiger partial charge on any atom is -0.463 e. The number of phosphoric acid groups is 2. The zero-order valence-corrected chi connectivity index (χ0v) is 62.4. The van der Waals surface area contributed by atoms with Crippen molar-refractivity contribution in [1.29, 1.82) is 0 Å². The van der Waals surface area contributed by atoms with Crippen LogP contribution in [-0.4, -0.2) is 95.9 Å². The molecule has 5 atom stereocenters. The maximum absolute atomic E-state index is 12.9. The molecule has 5 unspecified atom stereocenters. The summed E-state index contributed by atoms with van der Waals surface area (Å²) >= 11 is 0. The maximum Gasteiger partial charge on any atom is 0.472 e. The van der Waals surface area contributed by atoms with Gasteiger partial charge in [0.25, 0.3) is 0 Å². The molecular weight excluding hydrogens is 1290 g/mol. The van der Waals surface area contributed by atoms with Crippen LogP contribution in [0.2, 0.25) is 0 Å². The molecule has 0 rings (SSSR count). The van der Waals surface area contributed by atoms with Crippen LogP contribution in [0.5, 0.6) is 0 Å². The third-order valence-corrected chi connectivity index (χ3v) is 16.2. The van der Waals surface area contributed by atoms with Crippen LogP contribution in [0.1, 0.15) is 239 Å². The van der Waals surface area contributed by atoms with Crippen LogP contribution in [0.25, 0.3) is 0 Å². The van der Waals surface area contributed by atoms with E-state index in [0.717, 1.165) is 148 Å². The van der Waals surface area contributed by atoms with E-state index in [0.29, 0.717) is 25.7 Å². The SMILES string of the molecule is CC/C=C\C/C=C\C/C=C\C/C=C\C/C=C\C/C=C\CCCCC(=O)OCC(COP(=O)(O)OCC(O)COP(=O)(O)OCC(O)COC(=O)CCCCCCCCCCC/C=C\C/C=C\C/C=C\C/C=C\C/C=C\CC)OC(=O)CCC/C=C\C/C=C\C/C=C\C/C=C\C/C=C\CC. The number of aliphatic hydroxyl groups is 2. The van der Waals surface area contributed by atoms with Gasteiger partial charge in [-0.25, -0.2) is 9.13 Å². The number of esters is 3. The summed E-state index contributed by atoms with van der Waals surface area (Å²) in [5.41, 5.74) is 0. The van der Waals surface area contributed by atoms with E-state index in [9.17, 15) is 43.5 Å². The van der Waals surface area contributed by atoms with Crippen molar-refractivity contribution in [1.82, 2.24) is 0 Å². The molecule has 0 radical (unpaired) electrons. The summed E-state index contributed by atoms with van der Waals surface area (Å²) in [5, 5.41) is 20.6. The van der Waals surface area contributed by atoms with Gasteiger partial charge in [-0.15, -0.1) is 0 Å². The van der Waals surface area contributed by atoms with Gasteiger partial charge in [0.15, 0.2) is 6.10 Å². The van der Waals surface area contributed by atoms with Gasteiger partial charge in [-0.3, -0.25) is 32.5 Å². The summed E-state index contributed by atoms with van der Waals surface area (Å²) in [6.45, 7) is 2.17. The number of ether oxygens (including phenoxy) is 3. The Labute approximate surface area is 597 Å². The average Bonchev–Trinajstić information content (AvgIpc) is 2.16. The van der Waals surface area contributed by atoms with E-state index in [1.165, 1.54) is 25.7 Å². The minimum absolute atomic E-state index is 0.00765. The molecule has 0 saturated carbocycles. The van der Waals surface area contributed by atoms with Crippen molar-refractivity contribution in [2.24, 2.45) is 0 Å². The quantitative estimate of drug-likeness (QED) is 0.0146. The van der Waals surface area contributed by atoms with Crippen LogP contribution in [-0.2, 0) is 55.8 Å². The highest BCUT2D eigenvalue weighted by Gasteiger charge is 2.29. The molecule has 4 N–H and O–H groups in total. The molecule has 99 heavy (non-hydrogen) atoms. The monoisotopic (exact) mass is 1420 g/mol. The number of hydrogen-bond donors (Lipinski definition) is 4. The van der Waals surface area contributed by atoms with Gasteiger partial charge in [-0.05, 0) is 154 Å². The third-order valence-electron chi connectivity index (χ3n) is 14.3. The second kappa shape index (κ2) is 72.2. The van der Waals surface area contributed by atoms with E-state index in [1.807, 2.05) is 12.2 Å². The van der Waals surface area contributed by atoms with Crippen LogP contribution in [0.3, 0.4) is 0 Å². The Hall–Kier alpha value is -5.61. The van der Waals surface area contributed by atoms with Gasteiger partial charge in [0.2, 0.25) is 0 Å². The molecule has 18 heteroatoms. The second-order valence-electron chi connectivity index (χ2n) is 23.6. The van der Waals surface area contributed by atoms with Crippen LogP contribution >= 0.6 is 15.6 Å². The lowest BCUT2D eigenvalue weighted by Crippen LogP contribution is -2.30. The first kappa shape index (κ1) is 93.4. The number of hydrogen-bond acceptors (Lipinski definition) is 14. The molecule has 0 heterocycles. The van der Waals surface area contributed by atoms with Gasteiger partial charge in [0, 0.05) is 19.3 Å². The van der Waals surface area contributed by atoms with E-state index in [1.54, 1.807) is 0 Å². The number of carbonyl (C=O) groups is 3. The Morgan fingerprint density at radius 2 is 0.515 bits per heavy atom. The fourth-order valence-corrected chi connectivity index (χ4v) is 10.4. The lowest BCUT2D eigenvalue weighted by Gasteiger charge is -2.21. The normalized spacial score (nSPS) is 15.2. The van der Waals surface area contributed by atoms with E-state index >= 15 is 0 Å². The molecule has 0 amide bonds. The van der Waals surface area contributed by atoms with Gasteiger partial charge in [0.1, 0.15) is 25.4 Å². The number of phosphoric ester groups is 2. The number of aliphatic hydroxyl groups excluding tert-OH is 2. The minimum atomic E-state index is -4.96. The van der Waals surface area contributed by atoms with Crippen LogP contribution in [0.4, 0.5) is 0 Å². The van der Waals surface area contributed by atoms with Crippen molar-refractivity contribution >= 4 is 33.6 Å². The van der Waals surface area contributed by atoms with Crippen molar-refractivity contribution in [3.63, 3.8) is 0 Å². The van der Waals surface area contributed by atoms with Gasteiger partial charge in [-0.2, -0.15) is 0 Å². The second-order valence-corrected chi connectivity index (χ2v) is 26.5. The molecule has 0 spiro atoms.